The van der Waals surface area contributed by atoms with Crippen molar-refractivity contribution in [2.45, 2.75) is 38.3 Å². The van der Waals surface area contributed by atoms with Gasteiger partial charge in [0.2, 0.25) is 0 Å². The SMILES string of the molecule is CCC1OCCC1CNC(=O)NC(CCSC)C(=O)O. The van der Waals surface area contributed by atoms with Gasteiger partial charge in [0.05, 0.1) is 6.10 Å². The molecule has 0 aromatic rings. The van der Waals surface area contributed by atoms with Gasteiger partial charge in [0.15, 0.2) is 0 Å². The Balaban J connectivity index is 2.32. The Bertz CT molecular complexity index is 327. The van der Waals surface area contributed by atoms with Crippen LogP contribution >= 0.6 is 11.8 Å². The Labute approximate surface area is 124 Å². The van der Waals surface area contributed by atoms with Crippen LogP contribution in [0.2, 0.25) is 0 Å². The first-order valence-electron chi connectivity index (χ1n) is 6.96. The lowest BCUT2D eigenvalue weighted by atomic mass is 10.00. The fraction of sp³-hybridized carbons (Fsp3) is 0.846. The van der Waals surface area contributed by atoms with E-state index < -0.39 is 18.0 Å². The summed E-state index contributed by atoms with van der Waals surface area (Å²) in [6, 6.07) is -1.25. The maximum atomic E-state index is 11.7. The Morgan fingerprint density at radius 3 is 2.85 bits per heavy atom. The van der Waals surface area contributed by atoms with Gasteiger partial charge >= 0.3 is 12.0 Å². The zero-order valence-corrected chi connectivity index (χ0v) is 12.9. The Morgan fingerprint density at radius 1 is 1.50 bits per heavy atom. The standard InChI is InChI=1S/C13H24N2O4S/c1-3-11-9(4-6-19-11)8-14-13(18)15-10(12(16)17)5-7-20-2/h9-11H,3-8H2,1-2H3,(H,16,17)(H2,14,15,18). The molecule has 1 rings (SSSR count). The Morgan fingerprint density at radius 2 is 2.25 bits per heavy atom. The van der Waals surface area contributed by atoms with Crippen molar-refractivity contribution < 1.29 is 19.4 Å². The van der Waals surface area contributed by atoms with Gasteiger partial charge in [0, 0.05) is 19.1 Å². The maximum absolute atomic E-state index is 11.7. The van der Waals surface area contributed by atoms with Crippen molar-refractivity contribution in [1.29, 1.82) is 0 Å². The van der Waals surface area contributed by atoms with Crippen molar-refractivity contribution in [1.82, 2.24) is 10.6 Å². The molecule has 2 amide bonds. The molecule has 0 bridgehead atoms. The molecule has 7 heteroatoms. The largest absolute Gasteiger partial charge is 0.480 e. The molecular weight excluding hydrogens is 280 g/mol. The van der Waals surface area contributed by atoms with E-state index in [1.165, 1.54) is 0 Å². The van der Waals surface area contributed by atoms with Crippen LogP contribution in [0.1, 0.15) is 26.2 Å². The predicted octanol–water partition coefficient (Wildman–Crippen LogP) is 1.31. The molecule has 1 fully saturated rings. The lowest BCUT2D eigenvalue weighted by molar-refractivity contribution is -0.139. The molecule has 116 valence electrons. The minimum atomic E-state index is -0.996. The molecule has 1 heterocycles. The average molecular weight is 304 g/mol. The monoisotopic (exact) mass is 304 g/mol. The van der Waals surface area contributed by atoms with E-state index in [0.29, 0.717) is 24.6 Å². The third kappa shape index (κ3) is 5.58. The van der Waals surface area contributed by atoms with Gasteiger partial charge < -0.3 is 20.5 Å². The van der Waals surface area contributed by atoms with Gasteiger partial charge in [-0.05, 0) is 31.3 Å². The quantitative estimate of drug-likeness (QED) is 0.629. The third-order valence-electron chi connectivity index (χ3n) is 3.49. The topological polar surface area (TPSA) is 87.7 Å². The number of thioether (sulfide) groups is 1. The number of rotatable bonds is 8. The summed E-state index contributed by atoms with van der Waals surface area (Å²) in [5, 5.41) is 14.3. The van der Waals surface area contributed by atoms with E-state index in [1.54, 1.807) is 11.8 Å². The number of nitrogens with one attached hydrogen (secondary N) is 2. The molecule has 0 aromatic carbocycles. The fourth-order valence-corrected chi connectivity index (χ4v) is 2.78. The minimum absolute atomic E-state index is 0.196. The van der Waals surface area contributed by atoms with Gasteiger partial charge in [0.1, 0.15) is 6.04 Å². The van der Waals surface area contributed by atoms with E-state index in [2.05, 4.69) is 17.6 Å². The lowest BCUT2D eigenvalue weighted by Crippen LogP contribution is -2.47. The number of carbonyl (C=O) groups is 2. The number of carboxylic acid groups (broad SMARTS) is 1. The van der Waals surface area contributed by atoms with Crippen LogP contribution < -0.4 is 10.6 Å². The molecule has 0 aliphatic carbocycles. The summed E-state index contributed by atoms with van der Waals surface area (Å²) in [5.41, 5.74) is 0. The summed E-state index contributed by atoms with van der Waals surface area (Å²) in [4.78, 5) is 22.8. The van der Waals surface area contributed by atoms with E-state index in [4.69, 9.17) is 9.84 Å². The smallest absolute Gasteiger partial charge is 0.326 e. The van der Waals surface area contributed by atoms with Crippen molar-refractivity contribution in [2.75, 3.05) is 25.2 Å². The molecule has 3 atom stereocenters. The highest BCUT2D eigenvalue weighted by atomic mass is 32.2. The highest BCUT2D eigenvalue weighted by molar-refractivity contribution is 7.98. The van der Waals surface area contributed by atoms with Gasteiger partial charge in [0.25, 0.3) is 0 Å². The molecule has 6 nitrogen and oxygen atoms in total. The summed E-state index contributed by atoms with van der Waals surface area (Å²) in [7, 11) is 0. The molecular formula is C13H24N2O4S. The number of amides is 2. The van der Waals surface area contributed by atoms with Crippen molar-refractivity contribution in [3.63, 3.8) is 0 Å². The van der Waals surface area contributed by atoms with E-state index in [0.717, 1.165) is 19.4 Å². The zero-order valence-electron chi connectivity index (χ0n) is 12.1. The number of hydrogen-bond donors (Lipinski definition) is 3. The zero-order chi connectivity index (χ0) is 15.0. The number of carbonyl (C=O) groups excluding carboxylic acids is 1. The molecule has 20 heavy (non-hydrogen) atoms. The molecule has 0 radical (unpaired) electrons. The van der Waals surface area contributed by atoms with Crippen molar-refractivity contribution in [2.24, 2.45) is 5.92 Å². The van der Waals surface area contributed by atoms with E-state index in [-0.39, 0.29) is 6.10 Å². The number of aliphatic carboxylic acids is 1. The van der Waals surface area contributed by atoms with Gasteiger partial charge in [-0.3, -0.25) is 0 Å². The number of carboxylic acids is 1. The summed E-state index contributed by atoms with van der Waals surface area (Å²) in [6.45, 7) is 3.32. The summed E-state index contributed by atoms with van der Waals surface area (Å²) in [5.74, 6) is 0.0241. The van der Waals surface area contributed by atoms with Crippen molar-refractivity contribution >= 4 is 23.8 Å². The first kappa shape index (κ1) is 17.1. The van der Waals surface area contributed by atoms with Crippen molar-refractivity contribution in [3.8, 4) is 0 Å². The summed E-state index contributed by atoms with van der Waals surface area (Å²) < 4.78 is 5.55. The minimum Gasteiger partial charge on any atom is -0.480 e. The fourth-order valence-electron chi connectivity index (χ4n) is 2.30. The Hall–Kier alpha value is -0.950. The maximum Gasteiger partial charge on any atom is 0.326 e. The molecule has 1 aliphatic rings. The van der Waals surface area contributed by atoms with E-state index >= 15 is 0 Å². The normalized spacial score (nSPS) is 23.3. The van der Waals surface area contributed by atoms with Gasteiger partial charge in [-0.15, -0.1) is 0 Å². The number of ether oxygens (including phenoxy) is 1. The van der Waals surface area contributed by atoms with Crippen LogP contribution in [0.25, 0.3) is 0 Å². The first-order valence-corrected chi connectivity index (χ1v) is 8.35. The highest BCUT2D eigenvalue weighted by Gasteiger charge is 2.27. The predicted molar refractivity (Wildman–Crippen MR) is 79.1 cm³/mol. The van der Waals surface area contributed by atoms with Crippen LogP contribution in [0.4, 0.5) is 4.79 Å². The van der Waals surface area contributed by atoms with E-state index in [9.17, 15) is 9.59 Å². The van der Waals surface area contributed by atoms with Crippen LogP contribution in [-0.2, 0) is 9.53 Å². The van der Waals surface area contributed by atoms with E-state index in [1.807, 2.05) is 6.26 Å². The third-order valence-corrected chi connectivity index (χ3v) is 4.13. The highest BCUT2D eigenvalue weighted by Crippen LogP contribution is 2.22. The second-order valence-corrected chi connectivity index (χ2v) is 5.88. The van der Waals surface area contributed by atoms with Crippen molar-refractivity contribution in [3.05, 3.63) is 0 Å². The molecule has 1 saturated heterocycles. The Kier molecular flexibility index (Phi) is 7.76. The van der Waals surface area contributed by atoms with Gasteiger partial charge in [-0.1, -0.05) is 6.92 Å². The van der Waals surface area contributed by atoms with Crippen LogP contribution in [0.5, 0.6) is 0 Å². The number of hydrogen-bond acceptors (Lipinski definition) is 4. The first-order chi connectivity index (χ1) is 9.58. The van der Waals surface area contributed by atoms with Crippen LogP contribution in [0, 0.1) is 5.92 Å². The van der Waals surface area contributed by atoms with Gasteiger partial charge in [-0.2, -0.15) is 11.8 Å². The van der Waals surface area contributed by atoms with Gasteiger partial charge in [-0.25, -0.2) is 9.59 Å². The molecule has 0 aromatic heterocycles. The molecule has 3 unspecified atom stereocenters. The molecule has 0 saturated carbocycles. The molecule has 1 aliphatic heterocycles. The second-order valence-electron chi connectivity index (χ2n) is 4.89. The van der Waals surface area contributed by atoms with Crippen LogP contribution in [-0.4, -0.2) is 54.4 Å². The summed E-state index contributed by atoms with van der Waals surface area (Å²) >= 11 is 1.56. The second kappa shape index (κ2) is 9.07. The molecule has 0 spiro atoms. The summed E-state index contributed by atoms with van der Waals surface area (Å²) in [6.07, 6.45) is 4.40. The van der Waals surface area contributed by atoms with Crippen LogP contribution in [0.3, 0.4) is 0 Å². The lowest BCUT2D eigenvalue weighted by Gasteiger charge is -2.19. The average Bonchev–Trinajstić information content (AvgIpc) is 2.88. The molecule has 3 N–H and O–H groups in total. The van der Waals surface area contributed by atoms with Crippen LogP contribution in [0.15, 0.2) is 0 Å². The number of urea groups is 1.